The van der Waals surface area contributed by atoms with Gasteiger partial charge in [0.2, 0.25) is 0 Å². The molecule has 8 heteroatoms. The molecule has 3 heterocycles. The minimum atomic E-state index is -0.200. The predicted molar refractivity (Wildman–Crippen MR) is 101 cm³/mol. The second-order valence-electron chi connectivity index (χ2n) is 6.63. The van der Waals surface area contributed by atoms with E-state index in [9.17, 15) is 4.79 Å². The third-order valence-corrected chi connectivity index (χ3v) is 4.57. The number of hydrogen-bond acceptors (Lipinski definition) is 5. The monoisotopic (exact) mass is 366 g/mol. The molecule has 1 N–H and O–H groups in total. The van der Waals surface area contributed by atoms with Crippen LogP contribution in [-0.4, -0.2) is 50.2 Å². The molecule has 0 spiro atoms. The third-order valence-electron chi connectivity index (χ3n) is 4.57. The van der Waals surface area contributed by atoms with Crippen molar-refractivity contribution in [3.63, 3.8) is 0 Å². The van der Waals surface area contributed by atoms with Gasteiger partial charge < -0.3 is 15.0 Å². The van der Waals surface area contributed by atoms with Crippen molar-refractivity contribution in [1.82, 2.24) is 24.9 Å². The normalized spacial score (nSPS) is 16.6. The number of urea groups is 1. The van der Waals surface area contributed by atoms with Gasteiger partial charge in [0.05, 0.1) is 24.0 Å². The second-order valence-corrected chi connectivity index (χ2v) is 6.63. The highest BCUT2D eigenvalue weighted by Gasteiger charge is 2.24. The molecule has 0 radical (unpaired) electrons. The lowest BCUT2D eigenvalue weighted by molar-refractivity contribution is 0.0816. The van der Waals surface area contributed by atoms with Gasteiger partial charge in [0.25, 0.3) is 0 Å². The number of fused-ring (bicyclic) bond motifs is 1. The molecule has 1 atom stereocenters. The van der Waals surface area contributed by atoms with Gasteiger partial charge in [0, 0.05) is 26.4 Å². The molecule has 3 aromatic rings. The maximum Gasteiger partial charge on any atom is 0.322 e. The molecule has 8 nitrogen and oxygen atoms in total. The Balaban J connectivity index is 1.55. The molecule has 140 valence electrons. The zero-order valence-corrected chi connectivity index (χ0v) is 15.2. The van der Waals surface area contributed by atoms with Crippen molar-refractivity contribution >= 4 is 22.8 Å². The first-order valence-corrected chi connectivity index (χ1v) is 9.06. The maximum atomic E-state index is 13.0. The fraction of sp³-hybridized carbons (Fsp3) is 0.368. The average Bonchev–Trinajstić information content (AvgIpc) is 3.31. The molecule has 2 amide bonds. The second kappa shape index (κ2) is 7.71. The Morgan fingerprint density at radius 2 is 2.22 bits per heavy atom. The van der Waals surface area contributed by atoms with E-state index >= 15 is 0 Å². The summed E-state index contributed by atoms with van der Waals surface area (Å²) in [5.41, 5.74) is 2.89. The zero-order chi connectivity index (χ0) is 18.6. The van der Waals surface area contributed by atoms with Crippen LogP contribution in [-0.2, 0) is 18.3 Å². The Labute approximate surface area is 157 Å². The quantitative estimate of drug-likeness (QED) is 0.750. The fourth-order valence-electron chi connectivity index (χ4n) is 3.28. The van der Waals surface area contributed by atoms with Crippen molar-refractivity contribution in [3.05, 3.63) is 48.3 Å². The van der Waals surface area contributed by atoms with E-state index < -0.39 is 0 Å². The van der Waals surface area contributed by atoms with Crippen molar-refractivity contribution in [2.45, 2.75) is 25.5 Å². The van der Waals surface area contributed by atoms with Gasteiger partial charge in [-0.05, 0) is 37.1 Å². The minimum Gasteiger partial charge on any atom is -0.376 e. The first-order valence-electron chi connectivity index (χ1n) is 9.06. The molecule has 1 saturated heterocycles. The van der Waals surface area contributed by atoms with Crippen molar-refractivity contribution < 1.29 is 9.53 Å². The Kier molecular flexibility index (Phi) is 4.97. The lowest BCUT2D eigenvalue weighted by Gasteiger charge is -2.25. The Morgan fingerprint density at radius 1 is 1.30 bits per heavy atom. The number of aryl methyl sites for hydroxylation is 1. The molecule has 2 aromatic heterocycles. The van der Waals surface area contributed by atoms with Crippen LogP contribution in [0.1, 0.15) is 18.5 Å². The number of anilines is 1. The highest BCUT2D eigenvalue weighted by molar-refractivity contribution is 5.98. The number of benzene rings is 1. The molecule has 4 rings (SSSR count). The number of carbonyl (C=O) groups is 1. The van der Waals surface area contributed by atoms with E-state index in [1.54, 1.807) is 18.1 Å². The molecule has 1 fully saturated rings. The third kappa shape index (κ3) is 4.06. The molecule has 0 saturated carbocycles. The smallest absolute Gasteiger partial charge is 0.322 e. The number of ether oxygens (including phenoxy) is 1. The predicted octanol–water partition coefficient (Wildman–Crippen LogP) is 2.58. The van der Waals surface area contributed by atoms with E-state index in [4.69, 9.17) is 4.74 Å². The van der Waals surface area contributed by atoms with Crippen LogP contribution in [0, 0.1) is 0 Å². The van der Waals surface area contributed by atoms with E-state index in [-0.39, 0.29) is 12.1 Å². The van der Waals surface area contributed by atoms with Crippen LogP contribution in [0.3, 0.4) is 0 Å². The minimum absolute atomic E-state index is 0.0618. The molecule has 1 aromatic carbocycles. The van der Waals surface area contributed by atoms with E-state index in [0.29, 0.717) is 24.3 Å². The summed E-state index contributed by atoms with van der Waals surface area (Å²) in [5, 5.41) is 11.6. The summed E-state index contributed by atoms with van der Waals surface area (Å²) < 4.78 is 5.73. The largest absolute Gasteiger partial charge is 0.376 e. The molecular weight excluding hydrogens is 344 g/mol. The molecular formula is C19H22N6O2. The van der Waals surface area contributed by atoms with Gasteiger partial charge in [0.1, 0.15) is 11.0 Å². The molecule has 1 unspecified atom stereocenters. The lowest BCUT2D eigenvalue weighted by Crippen LogP contribution is -2.39. The summed E-state index contributed by atoms with van der Waals surface area (Å²) in [5.74, 6) is 0. The van der Waals surface area contributed by atoms with Gasteiger partial charge in [-0.3, -0.25) is 4.98 Å². The van der Waals surface area contributed by atoms with Crippen LogP contribution < -0.4 is 5.32 Å². The average molecular weight is 366 g/mol. The van der Waals surface area contributed by atoms with Crippen molar-refractivity contribution in [1.29, 1.82) is 0 Å². The molecule has 1 aliphatic rings. The fourth-order valence-corrected chi connectivity index (χ4v) is 3.28. The van der Waals surface area contributed by atoms with E-state index in [1.165, 1.54) is 4.80 Å². The summed E-state index contributed by atoms with van der Waals surface area (Å²) in [6.07, 6.45) is 3.79. The number of rotatable bonds is 5. The summed E-state index contributed by atoms with van der Waals surface area (Å²) in [4.78, 5) is 20.6. The van der Waals surface area contributed by atoms with Crippen molar-refractivity contribution in [2.24, 2.45) is 7.05 Å². The van der Waals surface area contributed by atoms with Crippen LogP contribution in [0.25, 0.3) is 11.0 Å². The van der Waals surface area contributed by atoms with Gasteiger partial charge in [-0.2, -0.15) is 15.0 Å². The van der Waals surface area contributed by atoms with Crippen LogP contribution in [0.15, 0.2) is 42.6 Å². The van der Waals surface area contributed by atoms with Crippen molar-refractivity contribution in [2.75, 3.05) is 18.5 Å². The summed E-state index contributed by atoms with van der Waals surface area (Å²) in [6, 6.07) is 11.1. The summed E-state index contributed by atoms with van der Waals surface area (Å²) >= 11 is 0. The lowest BCUT2D eigenvalue weighted by atomic mass is 10.2. The van der Waals surface area contributed by atoms with Gasteiger partial charge in [-0.25, -0.2) is 4.79 Å². The van der Waals surface area contributed by atoms with Crippen LogP contribution in [0.5, 0.6) is 0 Å². The first kappa shape index (κ1) is 17.4. The summed E-state index contributed by atoms with van der Waals surface area (Å²) in [6.45, 7) is 1.70. The van der Waals surface area contributed by atoms with E-state index in [2.05, 4.69) is 20.5 Å². The topological polar surface area (TPSA) is 85.2 Å². The number of amides is 2. The highest BCUT2D eigenvalue weighted by atomic mass is 16.5. The van der Waals surface area contributed by atoms with E-state index in [0.717, 1.165) is 30.7 Å². The van der Waals surface area contributed by atoms with Gasteiger partial charge in [-0.1, -0.05) is 12.1 Å². The van der Waals surface area contributed by atoms with Crippen molar-refractivity contribution in [3.8, 4) is 0 Å². The Hall–Kier alpha value is -3.00. The number of aromatic nitrogens is 4. The SMILES string of the molecule is Cn1nc2cccc(NC(=O)N(Cc3ccccn3)CC3CCCO3)c2n1. The van der Waals surface area contributed by atoms with E-state index in [1.807, 2.05) is 36.4 Å². The van der Waals surface area contributed by atoms with Gasteiger partial charge >= 0.3 is 6.03 Å². The molecule has 1 aliphatic heterocycles. The number of pyridine rings is 1. The highest BCUT2D eigenvalue weighted by Crippen LogP contribution is 2.21. The molecule has 0 bridgehead atoms. The number of carbonyl (C=O) groups excluding carboxylic acids is 1. The van der Waals surface area contributed by atoms with Gasteiger partial charge in [-0.15, -0.1) is 0 Å². The number of nitrogens with zero attached hydrogens (tertiary/aromatic N) is 5. The van der Waals surface area contributed by atoms with Crippen LogP contribution in [0.4, 0.5) is 10.5 Å². The zero-order valence-electron chi connectivity index (χ0n) is 15.2. The summed E-state index contributed by atoms with van der Waals surface area (Å²) in [7, 11) is 1.76. The first-order chi connectivity index (χ1) is 13.2. The maximum absolute atomic E-state index is 13.0. The number of hydrogen-bond donors (Lipinski definition) is 1. The Morgan fingerprint density at radius 3 is 3.00 bits per heavy atom. The van der Waals surface area contributed by atoms with Gasteiger partial charge in [0.15, 0.2) is 0 Å². The molecule has 0 aliphatic carbocycles. The molecule has 27 heavy (non-hydrogen) atoms. The Bertz CT molecular complexity index is 920. The standard InChI is InChI=1S/C19H22N6O2/c1-24-22-17-9-4-8-16(18(17)23-24)21-19(26)25(13-15-7-5-11-27-15)12-14-6-2-3-10-20-14/h2-4,6,8-10,15H,5,7,11-13H2,1H3,(H,21,26). The van der Waals surface area contributed by atoms with Crippen LogP contribution in [0.2, 0.25) is 0 Å². The van der Waals surface area contributed by atoms with Crippen LogP contribution >= 0.6 is 0 Å². The number of nitrogens with one attached hydrogen (secondary N) is 1.